The lowest BCUT2D eigenvalue weighted by Crippen LogP contribution is -2.52. The molecule has 3 aromatic carbocycles. The number of nitrogens with zero attached hydrogens (tertiary/aromatic N) is 2. The van der Waals surface area contributed by atoms with E-state index in [2.05, 4.69) is 19.2 Å². The van der Waals surface area contributed by atoms with Crippen molar-refractivity contribution in [2.45, 2.75) is 44.2 Å². The topological polar surface area (TPSA) is 114 Å². The summed E-state index contributed by atoms with van der Waals surface area (Å²) < 4.78 is 43.8. The van der Waals surface area contributed by atoms with E-state index in [9.17, 15) is 18.0 Å². The van der Waals surface area contributed by atoms with E-state index in [-0.39, 0.29) is 29.9 Å². The average molecular weight is 638 g/mol. The molecule has 1 aliphatic heterocycles. The highest BCUT2D eigenvalue weighted by atomic mass is 32.2. The number of rotatable bonds is 15. The molecule has 0 aromatic heterocycles. The molecule has 1 heterocycles. The molecule has 2 amide bonds. The molecular weight excluding hydrogens is 594 g/mol. The highest BCUT2D eigenvalue weighted by Gasteiger charge is 2.31. The Kier molecular flexibility index (Phi) is 12.4. The molecule has 0 radical (unpaired) electrons. The van der Waals surface area contributed by atoms with Gasteiger partial charge in [0, 0.05) is 32.6 Å². The molecular formula is C34H43N3O7S. The van der Waals surface area contributed by atoms with Gasteiger partial charge >= 0.3 is 0 Å². The Labute approximate surface area is 266 Å². The Morgan fingerprint density at radius 2 is 1.56 bits per heavy atom. The summed E-state index contributed by atoms with van der Waals surface area (Å²) >= 11 is 0. The Bertz CT molecular complexity index is 1470. The number of sulfonamides is 1. The van der Waals surface area contributed by atoms with Crippen molar-refractivity contribution in [1.29, 1.82) is 0 Å². The van der Waals surface area contributed by atoms with Crippen molar-refractivity contribution in [1.82, 2.24) is 14.5 Å². The van der Waals surface area contributed by atoms with Crippen LogP contribution >= 0.6 is 0 Å². The molecule has 4 rings (SSSR count). The summed E-state index contributed by atoms with van der Waals surface area (Å²) in [5.74, 6) is 0.828. The van der Waals surface area contributed by atoms with Gasteiger partial charge in [0.2, 0.25) is 15.9 Å². The van der Waals surface area contributed by atoms with Crippen molar-refractivity contribution in [3.05, 3.63) is 90.0 Å². The maximum Gasteiger partial charge on any atom is 0.261 e. The van der Waals surface area contributed by atoms with E-state index in [1.165, 1.54) is 28.6 Å². The number of amides is 2. The molecule has 3 aromatic rings. The van der Waals surface area contributed by atoms with Crippen LogP contribution in [-0.2, 0) is 37.3 Å². The van der Waals surface area contributed by atoms with Crippen molar-refractivity contribution in [3.63, 3.8) is 0 Å². The van der Waals surface area contributed by atoms with Gasteiger partial charge < -0.3 is 24.4 Å². The van der Waals surface area contributed by atoms with Gasteiger partial charge in [0.25, 0.3) is 5.91 Å². The summed E-state index contributed by atoms with van der Waals surface area (Å²) in [6.07, 6.45) is 1.14. The molecule has 45 heavy (non-hydrogen) atoms. The zero-order chi connectivity index (χ0) is 32.2. The number of ether oxygens (including phenoxy) is 3. The lowest BCUT2D eigenvalue weighted by Gasteiger charge is -2.31. The van der Waals surface area contributed by atoms with Crippen molar-refractivity contribution < 1.29 is 32.2 Å². The summed E-state index contributed by atoms with van der Waals surface area (Å²) in [5, 5.41) is 3.03. The largest absolute Gasteiger partial charge is 0.497 e. The van der Waals surface area contributed by atoms with Gasteiger partial charge in [-0.2, -0.15) is 4.31 Å². The second kappa shape index (κ2) is 16.4. The first-order valence-corrected chi connectivity index (χ1v) is 16.7. The molecule has 0 unspecified atom stereocenters. The van der Waals surface area contributed by atoms with E-state index < -0.39 is 16.1 Å². The van der Waals surface area contributed by atoms with Gasteiger partial charge in [0.15, 0.2) is 6.61 Å². The first-order chi connectivity index (χ1) is 21.7. The minimum absolute atomic E-state index is 0.144. The summed E-state index contributed by atoms with van der Waals surface area (Å²) in [6, 6.07) is 22.2. The Balaban J connectivity index is 1.54. The van der Waals surface area contributed by atoms with Crippen LogP contribution in [0, 0.1) is 5.92 Å². The molecule has 10 nitrogen and oxygen atoms in total. The van der Waals surface area contributed by atoms with Crippen LogP contribution in [-0.4, -0.2) is 82.0 Å². The number of morpholine rings is 1. The third-order valence-electron chi connectivity index (χ3n) is 7.60. The van der Waals surface area contributed by atoms with Gasteiger partial charge in [-0.25, -0.2) is 8.42 Å². The van der Waals surface area contributed by atoms with Crippen molar-refractivity contribution in [3.8, 4) is 11.5 Å². The van der Waals surface area contributed by atoms with E-state index in [1.807, 2.05) is 54.6 Å². The summed E-state index contributed by atoms with van der Waals surface area (Å²) in [7, 11) is -2.07. The molecule has 0 saturated carbocycles. The summed E-state index contributed by atoms with van der Waals surface area (Å²) in [6.45, 7) is 5.84. The van der Waals surface area contributed by atoms with E-state index >= 15 is 0 Å². The van der Waals surface area contributed by atoms with Crippen LogP contribution in [0.4, 0.5) is 0 Å². The maximum absolute atomic E-state index is 13.9. The van der Waals surface area contributed by atoms with Crippen LogP contribution in [0.1, 0.15) is 31.4 Å². The number of carbonyl (C=O) groups is 2. The van der Waals surface area contributed by atoms with Gasteiger partial charge in [-0.15, -0.1) is 0 Å². The molecule has 0 spiro atoms. The predicted octanol–water partition coefficient (Wildman–Crippen LogP) is 3.90. The van der Waals surface area contributed by atoms with Gasteiger partial charge in [0.1, 0.15) is 17.5 Å². The quantitative estimate of drug-likeness (QED) is 0.269. The number of benzene rings is 3. The first kappa shape index (κ1) is 34.0. The highest BCUT2D eigenvalue weighted by Crippen LogP contribution is 2.22. The number of carbonyl (C=O) groups excluding carboxylic acids is 2. The molecule has 0 bridgehead atoms. The number of methoxy groups -OCH3 is 1. The standard InChI is InChI=1S/C34H43N3O7S/c1-26(2)17-18-35-34(39)32(23-27-7-5-4-6-8-27)37(24-28-9-11-29(42-3)12-10-28)33(38)25-44-30-13-15-31(16-14-30)45(40,41)36-19-21-43-22-20-36/h4-16,26,32H,17-25H2,1-3H3,(H,35,39)/t32-/m0/s1. The normalized spacial score (nSPS) is 14.5. The van der Waals surface area contributed by atoms with Crippen LogP contribution in [0.15, 0.2) is 83.8 Å². The summed E-state index contributed by atoms with van der Waals surface area (Å²) in [4.78, 5) is 29.2. The van der Waals surface area contributed by atoms with Crippen molar-refractivity contribution >= 4 is 21.8 Å². The SMILES string of the molecule is COc1ccc(CN(C(=O)COc2ccc(S(=O)(=O)N3CCOCC3)cc2)[C@@H](Cc2ccccc2)C(=O)NCCC(C)C)cc1. The van der Waals surface area contributed by atoms with Gasteiger partial charge in [-0.05, 0) is 59.9 Å². The molecule has 1 atom stereocenters. The van der Waals surface area contributed by atoms with Crippen LogP contribution in [0.3, 0.4) is 0 Å². The van der Waals surface area contributed by atoms with E-state index in [1.54, 1.807) is 12.0 Å². The third-order valence-corrected chi connectivity index (χ3v) is 9.51. The Hall–Kier alpha value is -3.93. The average Bonchev–Trinajstić information content (AvgIpc) is 3.06. The number of hydrogen-bond donors (Lipinski definition) is 1. The lowest BCUT2D eigenvalue weighted by atomic mass is 10.0. The zero-order valence-electron chi connectivity index (χ0n) is 26.2. The smallest absolute Gasteiger partial charge is 0.261 e. The van der Waals surface area contributed by atoms with E-state index in [0.29, 0.717) is 56.7 Å². The second-order valence-electron chi connectivity index (χ2n) is 11.3. The molecule has 0 aliphatic carbocycles. The first-order valence-electron chi connectivity index (χ1n) is 15.2. The molecule has 1 aliphatic rings. The van der Waals surface area contributed by atoms with Gasteiger partial charge in [-0.3, -0.25) is 9.59 Å². The molecule has 1 N–H and O–H groups in total. The third kappa shape index (κ3) is 9.78. The minimum atomic E-state index is -3.66. The molecule has 242 valence electrons. The highest BCUT2D eigenvalue weighted by molar-refractivity contribution is 7.89. The van der Waals surface area contributed by atoms with Crippen LogP contribution in [0.25, 0.3) is 0 Å². The summed E-state index contributed by atoms with van der Waals surface area (Å²) in [5.41, 5.74) is 1.75. The Morgan fingerprint density at radius 3 is 2.18 bits per heavy atom. The van der Waals surface area contributed by atoms with Crippen molar-refractivity contribution in [2.75, 3.05) is 46.6 Å². The molecule has 1 fully saturated rings. The van der Waals surface area contributed by atoms with Crippen LogP contribution in [0.2, 0.25) is 0 Å². The monoisotopic (exact) mass is 637 g/mol. The predicted molar refractivity (Wildman–Crippen MR) is 171 cm³/mol. The maximum atomic E-state index is 13.9. The molecule has 11 heteroatoms. The Morgan fingerprint density at radius 1 is 0.911 bits per heavy atom. The fourth-order valence-electron chi connectivity index (χ4n) is 4.96. The van der Waals surface area contributed by atoms with E-state index in [0.717, 1.165) is 17.5 Å². The van der Waals surface area contributed by atoms with Crippen LogP contribution in [0.5, 0.6) is 11.5 Å². The van der Waals surface area contributed by atoms with Gasteiger partial charge in [-0.1, -0.05) is 56.3 Å². The lowest BCUT2D eigenvalue weighted by molar-refractivity contribution is -0.142. The zero-order valence-corrected chi connectivity index (χ0v) is 27.0. The van der Waals surface area contributed by atoms with E-state index in [4.69, 9.17) is 14.2 Å². The molecule has 1 saturated heterocycles. The number of nitrogens with one attached hydrogen (secondary N) is 1. The van der Waals surface area contributed by atoms with Crippen LogP contribution < -0.4 is 14.8 Å². The second-order valence-corrected chi connectivity index (χ2v) is 13.3. The fourth-order valence-corrected chi connectivity index (χ4v) is 6.36. The number of hydrogen-bond acceptors (Lipinski definition) is 7. The van der Waals surface area contributed by atoms with Crippen molar-refractivity contribution in [2.24, 2.45) is 5.92 Å². The minimum Gasteiger partial charge on any atom is -0.497 e. The fraction of sp³-hybridized carbons (Fsp3) is 0.412. The van der Waals surface area contributed by atoms with Gasteiger partial charge in [0.05, 0.1) is 25.2 Å².